The topological polar surface area (TPSA) is 49.7 Å². The molecule has 1 atom stereocenters. The molecule has 124 valence electrons. The molecule has 0 unspecified atom stereocenters. The van der Waals surface area contributed by atoms with Crippen molar-refractivity contribution in [3.05, 3.63) is 54.7 Å². The second-order valence-electron chi connectivity index (χ2n) is 6.41. The van der Waals surface area contributed by atoms with Gasteiger partial charge in [-0.15, -0.1) is 0 Å². The zero-order valence-electron chi connectivity index (χ0n) is 14.0. The van der Waals surface area contributed by atoms with E-state index in [-0.39, 0.29) is 0 Å². The van der Waals surface area contributed by atoms with E-state index < -0.39 is 0 Å². The largest absolute Gasteiger partial charge is 0.303 e. The molecule has 1 N–H and O–H groups in total. The van der Waals surface area contributed by atoms with Crippen LogP contribution in [-0.4, -0.2) is 44.3 Å². The summed E-state index contributed by atoms with van der Waals surface area (Å²) in [5.41, 5.74) is 3.33. The highest BCUT2D eigenvalue weighted by atomic mass is 15.1. The predicted octanol–water partition coefficient (Wildman–Crippen LogP) is 3.46. The number of H-pyrrole nitrogens is 1. The Kier molecular flexibility index (Phi) is 4.17. The lowest BCUT2D eigenvalue weighted by Crippen LogP contribution is -2.35. The molecule has 2 aromatic heterocycles. The van der Waals surface area contributed by atoms with Gasteiger partial charge in [-0.3, -0.25) is 5.10 Å². The van der Waals surface area contributed by atoms with Crippen LogP contribution in [0, 0.1) is 0 Å². The molecule has 0 saturated carbocycles. The minimum absolute atomic E-state index is 0.504. The maximum Gasteiger partial charge on any atom is 0.117 e. The van der Waals surface area contributed by atoms with E-state index in [4.69, 9.17) is 4.98 Å². The Balaban J connectivity index is 1.66. The Labute approximate surface area is 142 Å². The molecule has 1 fully saturated rings. The van der Waals surface area contributed by atoms with Crippen molar-refractivity contribution in [3.8, 4) is 16.9 Å². The normalized spacial score (nSPS) is 18.8. The van der Waals surface area contributed by atoms with Gasteiger partial charge in [0.2, 0.25) is 0 Å². The van der Waals surface area contributed by atoms with Gasteiger partial charge >= 0.3 is 0 Å². The lowest BCUT2D eigenvalue weighted by Gasteiger charge is -2.31. The fraction of sp³-hybridized carbons (Fsp3) is 0.368. The summed E-state index contributed by atoms with van der Waals surface area (Å²) in [6, 6.07) is 10.5. The number of likely N-dealkylation sites (N-methyl/N-ethyl adjacent to an activating group) is 1. The lowest BCUT2D eigenvalue weighted by molar-refractivity contribution is 0.213. The Morgan fingerprint density at radius 2 is 2.21 bits per heavy atom. The quantitative estimate of drug-likeness (QED) is 0.800. The van der Waals surface area contributed by atoms with Gasteiger partial charge in [-0.2, -0.15) is 5.10 Å². The van der Waals surface area contributed by atoms with E-state index in [0.29, 0.717) is 5.92 Å². The van der Waals surface area contributed by atoms with E-state index in [0.717, 1.165) is 30.0 Å². The molecule has 3 heterocycles. The molecule has 0 spiro atoms. The summed E-state index contributed by atoms with van der Waals surface area (Å²) in [7, 11) is 0. The Morgan fingerprint density at radius 1 is 1.25 bits per heavy atom. The number of nitrogens with zero attached hydrogens (tertiary/aromatic N) is 4. The third-order valence-electron chi connectivity index (χ3n) is 4.92. The smallest absolute Gasteiger partial charge is 0.117 e. The Hall–Kier alpha value is -2.40. The molecular formula is C19H23N5. The number of hydrogen-bond acceptors (Lipinski definition) is 3. The first-order valence-electron chi connectivity index (χ1n) is 8.71. The molecule has 1 aromatic carbocycles. The van der Waals surface area contributed by atoms with Gasteiger partial charge in [0.25, 0.3) is 0 Å². The minimum Gasteiger partial charge on any atom is -0.303 e. The molecule has 1 aliphatic heterocycles. The van der Waals surface area contributed by atoms with Gasteiger partial charge in [-0.25, -0.2) is 4.98 Å². The van der Waals surface area contributed by atoms with Crippen molar-refractivity contribution in [1.82, 2.24) is 24.6 Å². The molecule has 0 amide bonds. The maximum atomic E-state index is 4.69. The zero-order valence-corrected chi connectivity index (χ0v) is 14.0. The van der Waals surface area contributed by atoms with Gasteiger partial charge in [-0.1, -0.05) is 19.1 Å². The van der Waals surface area contributed by atoms with Crippen LogP contribution in [0.25, 0.3) is 16.9 Å². The summed E-state index contributed by atoms with van der Waals surface area (Å²) in [4.78, 5) is 7.22. The van der Waals surface area contributed by atoms with Gasteiger partial charge in [0.1, 0.15) is 5.82 Å². The van der Waals surface area contributed by atoms with Crippen LogP contribution in [0.15, 0.2) is 48.9 Å². The standard InChI is InChI=1S/C19H23N5/c1-2-23-11-4-6-16(14-23)19-20-10-12-24(19)17-7-3-5-15(13-17)18-8-9-21-22-18/h3,5,7-10,12-13,16H,2,4,6,11,14H2,1H3,(H,21,22)/t16-/m1/s1. The molecule has 0 aliphatic carbocycles. The number of rotatable bonds is 4. The van der Waals surface area contributed by atoms with E-state index >= 15 is 0 Å². The molecule has 3 aromatic rings. The summed E-state index contributed by atoms with van der Waals surface area (Å²) in [6.45, 7) is 5.67. The molecular weight excluding hydrogens is 298 g/mol. The summed E-state index contributed by atoms with van der Waals surface area (Å²) >= 11 is 0. The van der Waals surface area contributed by atoms with E-state index in [1.54, 1.807) is 6.20 Å². The summed E-state index contributed by atoms with van der Waals surface area (Å²) in [5, 5.41) is 7.09. The van der Waals surface area contributed by atoms with Crippen molar-refractivity contribution in [1.29, 1.82) is 0 Å². The number of piperidine rings is 1. The second kappa shape index (κ2) is 6.61. The average molecular weight is 321 g/mol. The maximum absolute atomic E-state index is 4.69. The van der Waals surface area contributed by atoms with Crippen LogP contribution >= 0.6 is 0 Å². The van der Waals surface area contributed by atoms with Crippen LogP contribution in [0.4, 0.5) is 0 Å². The van der Waals surface area contributed by atoms with E-state index in [2.05, 4.69) is 57.1 Å². The van der Waals surface area contributed by atoms with Gasteiger partial charge in [-0.05, 0) is 44.1 Å². The molecule has 1 saturated heterocycles. The third-order valence-corrected chi connectivity index (χ3v) is 4.92. The number of benzene rings is 1. The summed E-state index contributed by atoms with van der Waals surface area (Å²) < 4.78 is 2.24. The third kappa shape index (κ3) is 2.87. The van der Waals surface area contributed by atoms with Crippen molar-refractivity contribution in [3.63, 3.8) is 0 Å². The monoisotopic (exact) mass is 321 g/mol. The van der Waals surface area contributed by atoms with Crippen molar-refractivity contribution >= 4 is 0 Å². The molecule has 4 rings (SSSR count). The molecule has 24 heavy (non-hydrogen) atoms. The molecule has 0 radical (unpaired) electrons. The fourth-order valence-electron chi connectivity index (χ4n) is 3.63. The van der Waals surface area contributed by atoms with Gasteiger partial charge < -0.3 is 9.47 Å². The number of hydrogen-bond donors (Lipinski definition) is 1. The number of aromatic amines is 1. The van der Waals surface area contributed by atoms with Crippen LogP contribution in [0.1, 0.15) is 31.5 Å². The van der Waals surface area contributed by atoms with Crippen LogP contribution < -0.4 is 0 Å². The number of aromatic nitrogens is 4. The highest BCUT2D eigenvalue weighted by Gasteiger charge is 2.24. The van der Waals surface area contributed by atoms with E-state index in [9.17, 15) is 0 Å². The molecule has 1 aliphatic rings. The van der Waals surface area contributed by atoms with Gasteiger partial charge in [0.15, 0.2) is 0 Å². The highest BCUT2D eigenvalue weighted by molar-refractivity contribution is 5.62. The fourth-order valence-corrected chi connectivity index (χ4v) is 3.63. The number of nitrogens with one attached hydrogen (secondary N) is 1. The first-order valence-corrected chi connectivity index (χ1v) is 8.71. The first kappa shape index (κ1) is 15.1. The van der Waals surface area contributed by atoms with E-state index in [1.807, 2.05) is 12.3 Å². The summed E-state index contributed by atoms with van der Waals surface area (Å²) in [6.07, 6.45) is 8.24. The van der Waals surface area contributed by atoms with Crippen molar-refractivity contribution in [2.24, 2.45) is 0 Å². The van der Waals surface area contributed by atoms with Gasteiger partial charge in [0, 0.05) is 42.3 Å². The van der Waals surface area contributed by atoms with Crippen molar-refractivity contribution < 1.29 is 0 Å². The number of imidazole rings is 1. The number of likely N-dealkylation sites (tertiary alicyclic amines) is 1. The van der Waals surface area contributed by atoms with Gasteiger partial charge in [0.05, 0.1) is 5.69 Å². The Morgan fingerprint density at radius 3 is 3.04 bits per heavy atom. The SMILES string of the molecule is CCN1CCC[C@@H](c2nccn2-c2cccc(-c3ccn[nH]3)c2)C1. The predicted molar refractivity (Wildman–Crippen MR) is 95.2 cm³/mol. The van der Waals surface area contributed by atoms with Crippen LogP contribution in [-0.2, 0) is 0 Å². The lowest BCUT2D eigenvalue weighted by atomic mass is 9.97. The van der Waals surface area contributed by atoms with Crippen molar-refractivity contribution in [2.75, 3.05) is 19.6 Å². The van der Waals surface area contributed by atoms with Crippen LogP contribution in [0.5, 0.6) is 0 Å². The van der Waals surface area contributed by atoms with E-state index in [1.165, 1.54) is 25.2 Å². The summed E-state index contributed by atoms with van der Waals surface area (Å²) in [5.74, 6) is 1.68. The molecule has 0 bridgehead atoms. The zero-order chi connectivity index (χ0) is 16.4. The second-order valence-corrected chi connectivity index (χ2v) is 6.41. The first-order chi connectivity index (χ1) is 11.8. The molecule has 5 heteroatoms. The average Bonchev–Trinajstić information content (AvgIpc) is 3.33. The van der Waals surface area contributed by atoms with Crippen LogP contribution in [0.3, 0.4) is 0 Å². The minimum atomic E-state index is 0.504. The van der Waals surface area contributed by atoms with Crippen molar-refractivity contribution in [2.45, 2.75) is 25.7 Å². The van der Waals surface area contributed by atoms with Crippen LogP contribution in [0.2, 0.25) is 0 Å². The Bertz CT molecular complexity index is 790. The highest BCUT2D eigenvalue weighted by Crippen LogP contribution is 2.28. The molecule has 5 nitrogen and oxygen atoms in total.